The molecule has 6 aromatic rings. The first-order chi connectivity index (χ1) is 29.6. The number of piperazine rings is 1. The fourth-order valence-corrected chi connectivity index (χ4v) is 6.55. The van der Waals surface area contributed by atoms with Gasteiger partial charge in [-0.25, -0.2) is 29.1 Å². The lowest BCUT2D eigenvalue weighted by molar-refractivity contribution is 0.0886. The number of benzene rings is 4. The van der Waals surface area contributed by atoms with Gasteiger partial charge in [0.05, 0.1) is 42.1 Å². The molecule has 2 aromatic heterocycles. The third-order valence-corrected chi connectivity index (χ3v) is 9.76. The van der Waals surface area contributed by atoms with E-state index in [1.54, 1.807) is 43.4 Å². The lowest BCUT2D eigenvalue weighted by Gasteiger charge is -2.37. The van der Waals surface area contributed by atoms with Crippen LogP contribution in [0.2, 0.25) is 5.02 Å². The minimum Gasteiger partial charge on any atom is -0.493 e. The summed E-state index contributed by atoms with van der Waals surface area (Å²) < 4.78 is 47.3. The molecule has 0 bridgehead atoms. The van der Waals surface area contributed by atoms with Gasteiger partial charge in [-0.3, -0.25) is 0 Å². The highest BCUT2D eigenvalue weighted by molar-refractivity contribution is 6.31. The molecule has 0 saturated carbocycles. The number of hydrogen-bond acceptors (Lipinski definition) is 14. The summed E-state index contributed by atoms with van der Waals surface area (Å²) in [5, 5.41) is 7.56. The van der Waals surface area contributed by atoms with Gasteiger partial charge < -0.3 is 48.9 Å². The molecule has 1 saturated heterocycles. The van der Waals surface area contributed by atoms with Crippen LogP contribution < -0.4 is 29.6 Å². The van der Waals surface area contributed by atoms with Crippen LogP contribution in [0.15, 0.2) is 79.4 Å². The van der Waals surface area contributed by atoms with Crippen molar-refractivity contribution in [2.75, 3.05) is 85.1 Å². The SMILES string of the molecule is C#Cc1cccc(Nc2ncnc3cc(OCCOC)c(OCCOC)cc23)c1.COc1cc2ncnc(Nc3cccc(Cl)c3F)c2cc1OC(=O)N1CCN(C)C[C@H]1C.Cl. The average Bonchev–Trinajstić information content (AvgIpc) is 3.26. The Bertz CT molecular complexity index is 2510. The highest BCUT2D eigenvalue weighted by atomic mass is 35.5. The van der Waals surface area contributed by atoms with E-state index in [9.17, 15) is 9.18 Å². The molecule has 0 spiro atoms. The Morgan fingerprint density at radius 3 is 2.06 bits per heavy atom. The van der Waals surface area contributed by atoms with Crippen molar-refractivity contribution in [3.8, 4) is 35.3 Å². The second kappa shape index (κ2) is 22.6. The summed E-state index contributed by atoms with van der Waals surface area (Å²) in [4.78, 5) is 34.0. The summed E-state index contributed by atoms with van der Waals surface area (Å²) in [7, 11) is 6.75. The van der Waals surface area contributed by atoms with E-state index < -0.39 is 11.9 Å². The van der Waals surface area contributed by atoms with Crippen LogP contribution in [0.1, 0.15) is 12.5 Å². The van der Waals surface area contributed by atoms with E-state index in [4.69, 9.17) is 46.4 Å². The third kappa shape index (κ3) is 11.8. The van der Waals surface area contributed by atoms with Gasteiger partial charge in [0.1, 0.15) is 37.5 Å². The minimum atomic E-state index is -0.592. The van der Waals surface area contributed by atoms with Crippen LogP contribution in [0, 0.1) is 18.2 Å². The minimum absolute atomic E-state index is 0. The monoisotopic (exact) mass is 888 g/mol. The molecule has 0 radical (unpaired) electrons. The van der Waals surface area contributed by atoms with E-state index in [2.05, 4.69) is 41.4 Å². The highest BCUT2D eigenvalue weighted by Gasteiger charge is 2.28. The number of ether oxygens (including phenoxy) is 6. The molecule has 3 heterocycles. The van der Waals surface area contributed by atoms with Crippen molar-refractivity contribution in [3.63, 3.8) is 0 Å². The lowest BCUT2D eigenvalue weighted by atomic mass is 10.2. The van der Waals surface area contributed by atoms with Crippen molar-refractivity contribution in [1.29, 1.82) is 0 Å². The number of fused-ring (bicyclic) bond motifs is 2. The predicted octanol–water partition coefficient (Wildman–Crippen LogP) is 8.14. The van der Waals surface area contributed by atoms with Crippen molar-refractivity contribution < 1.29 is 37.6 Å². The molecule has 4 aromatic carbocycles. The molecule has 1 aliphatic rings. The van der Waals surface area contributed by atoms with Gasteiger partial charge in [-0.05, 0) is 56.4 Å². The first-order valence-electron chi connectivity index (χ1n) is 19.2. The average molecular weight is 890 g/mol. The first kappa shape index (κ1) is 46.8. The summed E-state index contributed by atoms with van der Waals surface area (Å²) in [6.07, 6.45) is 7.88. The van der Waals surface area contributed by atoms with E-state index >= 15 is 0 Å². The Morgan fingerprint density at radius 2 is 1.44 bits per heavy atom. The van der Waals surface area contributed by atoms with Crippen molar-refractivity contribution in [2.45, 2.75) is 13.0 Å². The summed E-state index contributed by atoms with van der Waals surface area (Å²) in [6, 6.07) is 19.2. The molecule has 0 unspecified atom stereocenters. The van der Waals surface area contributed by atoms with Crippen LogP contribution >= 0.6 is 24.0 Å². The van der Waals surface area contributed by atoms with Gasteiger partial charge in [-0.1, -0.05) is 29.7 Å². The van der Waals surface area contributed by atoms with Gasteiger partial charge >= 0.3 is 6.09 Å². The number of anilines is 4. The molecule has 326 valence electrons. The standard InChI is InChI=1S/C22H23ClFN5O3.C22H23N3O4.ClH/c1-13-11-28(2)7-8-29(13)22(30)32-19-9-14-17(10-18(19)31-3)25-12-26-21(14)27-16-6-4-5-15(23)20(16)24;1-4-16-6-5-7-17(12-16)25-22-18-13-20(28-10-8-26-2)21(29-11-9-27-3)14-19(18)23-15-24-22;/h4-6,9-10,12-13H,7-8,11H2,1-3H3,(H,25,26,27);1,5-7,12-15H,8-11H2,2-3H3,(H,23,24,25);1H/t13-;;/m1../s1. The number of nitrogens with one attached hydrogen (secondary N) is 2. The van der Waals surface area contributed by atoms with Gasteiger partial charge in [-0.15, -0.1) is 18.8 Å². The van der Waals surface area contributed by atoms with Crippen LogP contribution in [-0.4, -0.2) is 116 Å². The second-order valence-electron chi connectivity index (χ2n) is 13.7. The van der Waals surface area contributed by atoms with Crippen LogP contribution in [0.5, 0.6) is 23.0 Å². The number of likely N-dealkylation sites (N-methyl/N-ethyl adjacent to an activating group) is 1. The zero-order valence-corrected chi connectivity index (χ0v) is 36.4. The first-order valence-corrected chi connectivity index (χ1v) is 19.6. The number of halogens is 3. The van der Waals surface area contributed by atoms with Crippen LogP contribution in [-0.2, 0) is 9.47 Å². The number of hydrogen-bond donors (Lipinski definition) is 2. The van der Waals surface area contributed by atoms with Gasteiger partial charge in [0.2, 0.25) is 0 Å². The maximum Gasteiger partial charge on any atom is 0.415 e. The third-order valence-electron chi connectivity index (χ3n) is 9.47. The van der Waals surface area contributed by atoms with Crippen molar-refractivity contribution in [1.82, 2.24) is 29.7 Å². The Kier molecular flexibility index (Phi) is 17.1. The maximum absolute atomic E-state index is 14.4. The Hall–Kier alpha value is -6.22. The normalized spacial score (nSPS) is 13.6. The van der Waals surface area contributed by atoms with Crippen LogP contribution in [0.4, 0.5) is 32.2 Å². The van der Waals surface area contributed by atoms with E-state index in [1.807, 2.05) is 50.4 Å². The van der Waals surface area contributed by atoms with E-state index in [-0.39, 0.29) is 34.9 Å². The molecule has 7 rings (SSSR count). The Morgan fingerprint density at radius 1 is 0.823 bits per heavy atom. The lowest BCUT2D eigenvalue weighted by Crippen LogP contribution is -2.53. The number of carbonyl (C=O) groups is 1. The van der Waals surface area contributed by atoms with Gasteiger partial charge in [0.15, 0.2) is 28.8 Å². The molecule has 0 aliphatic carbocycles. The van der Waals surface area contributed by atoms with Gasteiger partial charge in [0, 0.05) is 74.1 Å². The Labute approximate surface area is 370 Å². The fraction of sp³-hybridized carbons (Fsp3) is 0.295. The molecule has 18 heteroatoms. The number of rotatable bonds is 14. The van der Waals surface area contributed by atoms with Crippen LogP contribution in [0.25, 0.3) is 21.8 Å². The van der Waals surface area contributed by atoms with Crippen molar-refractivity contribution in [2.24, 2.45) is 0 Å². The predicted molar refractivity (Wildman–Crippen MR) is 240 cm³/mol. The fourth-order valence-electron chi connectivity index (χ4n) is 6.38. The molecule has 1 aliphatic heterocycles. The van der Waals surface area contributed by atoms with E-state index in [1.165, 1.54) is 25.8 Å². The Balaban J connectivity index is 0.000000232. The van der Waals surface area contributed by atoms with Gasteiger partial charge in [-0.2, -0.15) is 0 Å². The summed E-state index contributed by atoms with van der Waals surface area (Å²) in [5.74, 6) is 4.76. The highest BCUT2D eigenvalue weighted by Crippen LogP contribution is 2.37. The number of terminal acetylenes is 1. The van der Waals surface area contributed by atoms with Crippen LogP contribution in [0.3, 0.4) is 0 Å². The quantitative estimate of drug-likeness (QED) is 0.0799. The number of methoxy groups -OCH3 is 3. The zero-order valence-electron chi connectivity index (χ0n) is 34.8. The molecule has 62 heavy (non-hydrogen) atoms. The van der Waals surface area contributed by atoms with E-state index in [0.29, 0.717) is 72.8 Å². The van der Waals surface area contributed by atoms with Crippen molar-refractivity contribution in [3.05, 3.63) is 95.8 Å². The molecule has 1 amide bonds. The molecule has 2 N–H and O–H groups in total. The van der Waals surface area contributed by atoms with Gasteiger partial charge in [0.25, 0.3) is 0 Å². The smallest absolute Gasteiger partial charge is 0.415 e. The topological polar surface area (TPSA) is 155 Å². The summed E-state index contributed by atoms with van der Waals surface area (Å²) in [5.41, 5.74) is 3.04. The van der Waals surface area contributed by atoms with E-state index in [0.717, 1.165) is 35.2 Å². The molecular formula is C44H47Cl2FN8O7. The number of carbonyl (C=O) groups excluding carboxylic acids is 1. The molecule has 1 fully saturated rings. The maximum atomic E-state index is 14.4. The largest absolute Gasteiger partial charge is 0.493 e. The second-order valence-corrected chi connectivity index (χ2v) is 14.1. The number of amides is 1. The molecular weight excluding hydrogens is 842 g/mol. The number of nitrogens with zero attached hydrogens (tertiary/aromatic N) is 6. The summed E-state index contributed by atoms with van der Waals surface area (Å²) >= 11 is 5.89. The zero-order chi connectivity index (χ0) is 43.3. The molecule has 15 nitrogen and oxygen atoms in total. The number of aromatic nitrogens is 4. The molecule has 1 atom stereocenters. The summed E-state index contributed by atoms with van der Waals surface area (Å²) in [6.45, 7) is 5.79. The van der Waals surface area contributed by atoms with Crippen molar-refractivity contribution >= 4 is 74.9 Å².